The lowest BCUT2D eigenvalue weighted by Crippen LogP contribution is -2.39. The molecule has 3 heteroatoms. The maximum atomic E-state index is 5.80. The van der Waals surface area contributed by atoms with Gasteiger partial charge in [0.05, 0.1) is 13.2 Å². The van der Waals surface area contributed by atoms with Crippen molar-refractivity contribution in [2.45, 2.75) is 52.9 Å². The highest BCUT2D eigenvalue weighted by atomic mass is 16.5. The number of hydrogen-bond donors (Lipinski definition) is 1. The average molecular weight is 264 g/mol. The van der Waals surface area contributed by atoms with E-state index in [2.05, 4.69) is 44.7 Å². The first-order valence-electron chi connectivity index (χ1n) is 7.16. The third-order valence-corrected chi connectivity index (χ3v) is 3.42. The lowest BCUT2D eigenvalue weighted by atomic mass is 10.1. The summed E-state index contributed by atoms with van der Waals surface area (Å²) in [6, 6.07) is 9.31. The molecule has 0 aliphatic heterocycles. The van der Waals surface area contributed by atoms with Crippen LogP contribution in [0.25, 0.3) is 0 Å². The van der Waals surface area contributed by atoms with Gasteiger partial charge in [-0.05, 0) is 38.8 Å². The first kappa shape index (κ1) is 16.2. The second-order valence-electron chi connectivity index (χ2n) is 5.45. The van der Waals surface area contributed by atoms with Crippen LogP contribution in [0.1, 0.15) is 38.8 Å². The van der Waals surface area contributed by atoms with Crippen LogP contribution in [0.3, 0.4) is 0 Å². The standard InChI is InChI=1S/C16H28N2O/c1-13(2)18(14(3)4)9-10-19-12-16-8-6-5-7-15(16)11-17/h5-8,13-14H,9-12,17H2,1-4H3. The highest BCUT2D eigenvalue weighted by Gasteiger charge is 2.12. The van der Waals surface area contributed by atoms with Gasteiger partial charge in [-0.2, -0.15) is 0 Å². The summed E-state index contributed by atoms with van der Waals surface area (Å²) in [7, 11) is 0. The topological polar surface area (TPSA) is 38.5 Å². The molecule has 1 rings (SSSR count). The molecule has 108 valence electrons. The minimum atomic E-state index is 0.555. The van der Waals surface area contributed by atoms with E-state index in [1.165, 1.54) is 11.1 Å². The maximum Gasteiger partial charge on any atom is 0.0720 e. The van der Waals surface area contributed by atoms with Crippen molar-refractivity contribution in [2.75, 3.05) is 13.2 Å². The molecule has 3 nitrogen and oxygen atoms in total. The molecule has 0 spiro atoms. The molecule has 1 aromatic rings. The van der Waals surface area contributed by atoms with Crippen LogP contribution in [0.2, 0.25) is 0 Å². The summed E-state index contributed by atoms with van der Waals surface area (Å²) in [6.07, 6.45) is 0. The maximum absolute atomic E-state index is 5.80. The van der Waals surface area contributed by atoms with Gasteiger partial charge >= 0.3 is 0 Å². The van der Waals surface area contributed by atoms with Crippen molar-refractivity contribution < 1.29 is 4.74 Å². The van der Waals surface area contributed by atoms with Crippen molar-refractivity contribution in [3.05, 3.63) is 35.4 Å². The third-order valence-electron chi connectivity index (χ3n) is 3.42. The summed E-state index contributed by atoms with van der Waals surface area (Å²) in [4.78, 5) is 2.44. The van der Waals surface area contributed by atoms with E-state index in [0.717, 1.165) is 13.2 Å². The summed E-state index contributed by atoms with van der Waals surface area (Å²) in [5.41, 5.74) is 8.09. The smallest absolute Gasteiger partial charge is 0.0720 e. The molecule has 0 saturated heterocycles. The highest BCUT2D eigenvalue weighted by Crippen LogP contribution is 2.10. The van der Waals surface area contributed by atoms with Crippen molar-refractivity contribution in [3.8, 4) is 0 Å². The fraction of sp³-hybridized carbons (Fsp3) is 0.625. The van der Waals surface area contributed by atoms with E-state index in [-0.39, 0.29) is 0 Å². The van der Waals surface area contributed by atoms with Gasteiger partial charge in [0, 0.05) is 25.2 Å². The fourth-order valence-corrected chi connectivity index (χ4v) is 2.36. The Morgan fingerprint density at radius 3 is 2.16 bits per heavy atom. The summed E-state index contributed by atoms with van der Waals surface area (Å²) >= 11 is 0. The zero-order valence-electron chi connectivity index (χ0n) is 12.7. The summed E-state index contributed by atoms with van der Waals surface area (Å²) in [5.74, 6) is 0. The van der Waals surface area contributed by atoms with Crippen molar-refractivity contribution in [1.82, 2.24) is 4.90 Å². The number of nitrogens with two attached hydrogens (primary N) is 1. The van der Waals surface area contributed by atoms with Gasteiger partial charge in [0.1, 0.15) is 0 Å². The normalized spacial score (nSPS) is 11.8. The molecule has 0 aliphatic rings. The Balaban J connectivity index is 2.38. The number of nitrogens with zero attached hydrogens (tertiary/aromatic N) is 1. The van der Waals surface area contributed by atoms with E-state index in [9.17, 15) is 0 Å². The van der Waals surface area contributed by atoms with Crippen LogP contribution in [0.15, 0.2) is 24.3 Å². The van der Waals surface area contributed by atoms with Crippen molar-refractivity contribution >= 4 is 0 Å². The zero-order chi connectivity index (χ0) is 14.3. The van der Waals surface area contributed by atoms with E-state index in [1.54, 1.807) is 0 Å². The fourth-order valence-electron chi connectivity index (χ4n) is 2.36. The molecule has 1 aromatic carbocycles. The summed E-state index contributed by atoms with van der Waals surface area (Å²) < 4.78 is 5.80. The Hall–Kier alpha value is -0.900. The van der Waals surface area contributed by atoms with E-state index >= 15 is 0 Å². The summed E-state index contributed by atoms with van der Waals surface area (Å²) in [5, 5.41) is 0. The zero-order valence-corrected chi connectivity index (χ0v) is 12.7. The molecule has 0 aliphatic carbocycles. The molecule has 0 atom stereocenters. The van der Waals surface area contributed by atoms with Gasteiger partial charge in [-0.25, -0.2) is 0 Å². The second kappa shape index (κ2) is 8.31. The highest BCUT2D eigenvalue weighted by molar-refractivity contribution is 5.26. The second-order valence-corrected chi connectivity index (χ2v) is 5.45. The van der Waals surface area contributed by atoms with E-state index < -0.39 is 0 Å². The summed E-state index contributed by atoms with van der Waals surface area (Å²) in [6.45, 7) is 11.9. The Morgan fingerprint density at radius 2 is 1.63 bits per heavy atom. The van der Waals surface area contributed by atoms with Crippen LogP contribution in [-0.2, 0) is 17.9 Å². The van der Waals surface area contributed by atoms with Gasteiger partial charge < -0.3 is 10.5 Å². The monoisotopic (exact) mass is 264 g/mol. The quantitative estimate of drug-likeness (QED) is 0.734. The number of hydrogen-bond acceptors (Lipinski definition) is 3. The molecule has 2 N–H and O–H groups in total. The van der Waals surface area contributed by atoms with Crippen LogP contribution in [0.5, 0.6) is 0 Å². The van der Waals surface area contributed by atoms with Crippen LogP contribution >= 0.6 is 0 Å². The lowest BCUT2D eigenvalue weighted by Gasteiger charge is -2.30. The Labute approximate surface area is 117 Å². The molecule has 0 fully saturated rings. The first-order valence-corrected chi connectivity index (χ1v) is 7.16. The SMILES string of the molecule is CC(C)N(CCOCc1ccccc1CN)C(C)C. The number of ether oxygens (including phenoxy) is 1. The van der Waals surface area contributed by atoms with Crippen LogP contribution in [0.4, 0.5) is 0 Å². The Morgan fingerprint density at radius 1 is 1.05 bits per heavy atom. The van der Waals surface area contributed by atoms with Gasteiger partial charge in [0.15, 0.2) is 0 Å². The molecule has 0 aromatic heterocycles. The Bertz CT molecular complexity index is 356. The molecular formula is C16H28N2O. The average Bonchev–Trinajstić information content (AvgIpc) is 2.38. The lowest BCUT2D eigenvalue weighted by molar-refractivity contribution is 0.0697. The molecule has 0 heterocycles. The number of benzene rings is 1. The van der Waals surface area contributed by atoms with Crippen LogP contribution in [-0.4, -0.2) is 30.1 Å². The van der Waals surface area contributed by atoms with Crippen molar-refractivity contribution in [3.63, 3.8) is 0 Å². The molecule has 0 unspecified atom stereocenters. The predicted molar refractivity (Wildman–Crippen MR) is 81.0 cm³/mol. The van der Waals surface area contributed by atoms with E-state index in [4.69, 9.17) is 10.5 Å². The Kier molecular flexibility index (Phi) is 7.06. The molecular weight excluding hydrogens is 236 g/mol. The molecule has 19 heavy (non-hydrogen) atoms. The van der Waals surface area contributed by atoms with Crippen molar-refractivity contribution in [2.24, 2.45) is 5.73 Å². The van der Waals surface area contributed by atoms with Gasteiger partial charge in [0.25, 0.3) is 0 Å². The largest absolute Gasteiger partial charge is 0.375 e. The van der Waals surface area contributed by atoms with Crippen LogP contribution < -0.4 is 5.73 Å². The molecule has 0 bridgehead atoms. The van der Waals surface area contributed by atoms with Crippen molar-refractivity contribution in [1.29, 1.82) is 0 Å². The minimum absolute atomic E-state index is 0.555. The first-order chi connectivity index (χ1) is 9.06. The molecule has 0 radical (unpaired) electrons. The van der Waals surface area contributed by atoms with Gasteiger partial charge in [-0.15, -0.1) is 0 Å². The van der Waals surface area contributed by atoms with E-state index in [1.807, 2.05) is 12.1 Å². The van der Waals surface area contributed by atoms with Gasteiger partial charge in [0.2, 0.25) is 0 Å². The number of rotatable bonds is 8. The molecule has 0 amide bonds. The third kappa shape index (κ3) is 5.31. The minimum Gasteiger partial charge on any atom is -0.375 e. The van der Waals surface area contributed by atoms with Crippen LogP contribution in [0, 0.1) is 0 Å². The van der Waals surface area contributed by atoms with E-state index in [0.29, 0.717) is 25.2 Å². The van der Waals surface area contributed by atoms with Gasteiger partial charge in [-0.3, -0.25) is 4.90 Å². The molecule has 0 saturated carbocycles. The van der Waals surface area contributed by atoms with Gasteiger partial charge in [-0.1, -0.05) is 24.3 Å². The predicted octanol–water partition coefficient (Wildman–Crippen LogP) is 2.78.